The molecule has 0 bridgehead atoms. The minimum atomic E-state index is -0.972. The largest absolute Gasteiger partial charge is 0.466 e. The van der Waals surface area contributed by atoms with E-state index in [2.05, 4.69) is 100 Å². The van der Waals surface area contributed by atoms with E-state index in [0.29, 0.717) is 0 Å². The molecular formula is C22H22ClO3P. The fraction of sp³-hybridized carbons (Fsp3) is 0.136. The van der Waals surface area contributed by atoms with Crippen LogP contribution in [0.15, 0.2) is 91.0 Å². The minimum absolute atomic E-state index is 0.446. The predicted octanol–water partition coefficient (Wildman–Crippen LogP) is 3.82. The lowest BCUT2D eigenvalue weighted by Crippen LogP contribution is -2.20. The number of hydrogen-bond donors (Lipinski definition) is 0. The molecule has 1 unspecified atom stereocenters. The Morgan fingerprint density at radius 1 is 0.741 bits per heavy atom. The molecule has 0 amide bonds. The lowest BCUT2D eigenvalue weighted by Gasteiger charge is -2.18. The van der Waals surface area contributed by atoms with Crippen LogP contribution < -0.4 is 15.9 Å². The average Bonchev–Trinajstić information content (AvgIpc) is 2.75. The van der Waals surface area contributed by atoms with Crippen LogP contribution >= 0.6 is 19.5 Å². The number of hydrogen-bond acceptors (Lipinski definition) is 3. The fourth-order valence-electron chi connectivity index (χ4n) is 2.37. The first-order valence-electron chi connectivity index (χ1n) is 8.37. The average molecular weight is 401 g/mol. The third-order valence-corrected chi connectivity index (χ3v) is 6.44. The van der Waals surface area contributed by atoms with Gasteiger partial charge in [-0.2, -0.15) is 0 Å². The zero-order valence-corrected chi connectivity index (χ0v) is 16.9. The third kappa shape index (κ3) is 6.48. The summed E-state index contributed by atoms with van der Waals surface area (Å²) in [5.74, 6) is -0.575. The highest BCUT2D eigenvalue weighted by atomic mass is 35.5. The summed E-state index contributed by atoms with van der Waals surface area (Å²) in [5.41, 5.74) is -0.972. The van der Waals surface area contributed by atoms with Crippen LogP contribution in [-0.4, -0.2) is 25.8 Å². The molecule has 1 atom stereocenters. The van der Waals surface area contributed by atoms with Crippen LogP contribution in [0.4, 0.5) is 0 Å². The summed E-state index contributed by atoms with van der Waals surface area (Å²) in [6, 6.07) is 32.3. The normalized spacial score (nSPS) is 11.3. The van der Waals surface area contributed by atoms with Gasteiger partial charge in [-0.25, -0.2) is 4.79 Å². The van der Waals surface area contributed by atoms with Gasteiger partial charge in [-0.1, -0.05) is 103 Å². The maximum atomic E-state index is 10.3. The first-order chi connectivity index (χ1) is 13.2. The molecule has 3 aromatic carbocycles. The molecule has 0 aliphatic carbocycles. The van der Waals surface area contributed by atoms with Crippen LogP contribution in [0.25, 0.3) is 0 Å². The number of carbonyl (C=O) groups excluding carboxylic acids is 1. The van der Waals surface area contributed by atoms with Crippen molar-refractivity contribution in [3.8, 4) is 0 Å². The van der Waals surface area contributed by atoms with Gasteiger partial charge < -0.3 is 9.47 Å². The maximum Gasteiger partial charge on any atom is 0.350 e. The van der Waals surface area contributed by atoms with E-state index in [1.54, 1.807) is 0 Å². The number of benzene rings is 3. The highest BCUT2D eigenvalue weighted by Gasteiger charge is 2.15. The topological polar surface area (TPSA) is 35.5 Å². The van der Waals surface area contributed by atoms with Gasteiger partial charge in [-0.3, -0.25) is 0 Å². The number of carbonyl (C=O) groups is 1. The molecule has 0 aromatic heterocycles. The fourth-order valence-corrected chi connectivity index (χ4v) is 4.76. The Morgan fingerprint density at radius 2 is 1.07 bits per heavy atom. The molecule has 0 fully saturated rings. The highest BCUT2D eigenvalue weighted by molar-refractivity contribution is 7.79. The molecule has 3 nitrogen and oxygen atoms in total. The molecule has 0 heterocycles. The van der Waals surface area contributed by atoms with Crippen LogP contribution in [0.3, 0.4) is 0 Å². The van der Waals surface area contributed by atoms with Crippen molar-refractivity contribution in [3.63, 3.8) is 0 Å². The van der Waals surface area contributed by atoms with E-state index in [-0.39, 0.29) is 0 Å². The third-order valence-electron chi connectivity index (χ3n) is 3.64. The second-order valence-electron chi connectivity index (χ2n) is 5.42. The van der Waals surface area contributed by atoms with Gasteiger partial charge >= 0.3 is 5.97 Å². The zero-order chi connectivity index (χ0) is 19.5. The Kier molecular flexibility index (Phi) is 9.00. The van der Waals surface area contributed by atoms with Crippen molar-refractivity contribution in [3.05, 3.63) is 91.0 Å². The molecule has 0 aliphatic rings. The first-order valence-corrected chi connectivity index (χ1v) is 10.1. The van der Waals surface area contributed by atoms with Gasteiger partial charge in [0.15, 0.2) is 0 Å². The zero-order valence-electron chi connectivity index (χ0n) is 15.3. The van der Waals surface area contributed by atoms with Gasteiger partial charge in [0.2, 0.25) is 5.56 Å². The van der Waals surface area contributed by atoms with Crippen molar-refractivity contribution in [2.24, 2.45) is 0 Å². The van der Waals surface area contributed by atoms with Gasteiger partial charge in [-0.05, 0) is 23.8 Å². The lowest BCUT2D eigenvalue weighted by molar-refractivity contribution is -0.147. The molecule has 0 saturated carbocycles. The Bertz CT molecular complexity index is 704. The molecule has 0 aliphatic heterocycles. The van der Waals surface area contributed by atoms with Crippen molar-refractivity contribution >= 4 is 41.4 Å². The van der Waals surface area contributed by atoms with Crippen LogP contribution in [0, 0.1) is 0 Å². The summed E-state index contributed by atoms with van der Waals surface area (Å²) < 4.78 is 8.60. The summed E-state index contributed by atoms with van der Waals surface area (Å²) in [6.45, 7) is 0. The summed E-state index contributed by atoms with van der Waals surface area (Å²) in [4.78, 5) is 10.3. The van der Waals surface area contributed by atoms with Crippen molar-refractivity contribution in [1.29, 1.82) is 0 Å². The van der Waals surface area contributed by atoms with Crippen molar-refractivity contribution in [2.45, 2.75) is 5.56 Å². The van der Waals surface area contributed by atoms with Gasteiger partial charge in [0.25, 0.3) is 0 Å². The summed E-state index contributed by atoms with van der Waals surface area (Å²) in [7, 11) is 2.13. The molecule has 3 rings (SSSR count). The van der Waals surface area contributed by atoms with Crippen molar-refractivity contribution in [2.75, 3.05) is 14.2 Å². The van der Waals surface area contributed by atoms with E-state index in [1.165, 1.54) is 30.1 Å². The molecule has 140 valence electrons. The second-order valence-corrected chi connectivity index (χ2v) is 8.03. The standard InChI is InChI=1S/C18H15P.C4H7ClO3/c1-4-10-16(11-5-1)19(17-12-6-2-7-13-17)18-14-8-3-9-15-18;1-7-3(5)4(6)8-2/h1-15H;3H,1-2H3. The van der Waals surface area contributed by atoms with Gasteiger partial charge in [0.05, 0.1) is 7.11 Å². The molecule has 0 radical (unpaired) electrons. The van der Waals surface area contributed by atoms with E-state index >= 15 is 0 Å². The van der Waals surface area contributed by atoms with Crippen LogP contribution in [0.2, 0.25) is 0 Å². The Labute approximate surface area is 166 Å². The number of esters is 1. The molecule has 3 aromatic rings. The number of ether oxygens (including phenoxy) is 2. The van der Waals surface area contributed by atoms with Crippen molar-refractivity contribution < 1.29 is 14.3 Å². The molecule has 0 N–H and O–H groups in total. The Hall–Kier alpha value is -2.19. The first kappa shape index (κ1) is 21.1. The smallest absolute Gasteiger partial charge is 0.350 e. The quantitative estimate of drug-likeness (QED) is 0.371. The monoisotopic (exact) mass is 400 g/mol. The molecule has 5 heteroatoms. The van der Waals surface area contributed by atoms with E-state index in [0.717, 1.165) is 0 Å². The van der Waals surface area contributed by atoms with Gasteiger partial charge in [-0.15, -0.1) is 0 Å². The summed E-state index contributed by atoms with van der Waals surface area (Å²) in [5, 5.41) is 4.19. The number of alkyl halides is 1. The Morgan fingerprint density at radius 3 is 1.30 bits per heavy atom. The SMILES string of the molecule is COC(=O)C(Cl)OC.c1ccc(P(c2ccccc2)c2ccccc2)cc1. The molecular weight excluding hydrogens is 379 g/mol. The minimum Gasteiger partial charge on any atom is -0.466 e. The highest BCUT2D eigenvalue weighted by Crippen LogP contribution is 2.32. The second kappa shape index (κ2) is 11.5. The number of rotatable bonds is 5. The Balaban J connectivity index is 0.000000279. The molecule has 0 spiro atoms. The number of methoxy groups -OCH3 is 2. The molecule has 0 saturated heterocycles. The predicted molar refractivity (Wildman–Crippen MR) is 114 cm³/mol. The number of halogens is 1. The van der Waals surface area contributed by atoms with Crippen molar-refractivity contribution in [1.82, 2.24) is 0 Å². The van der Waals surface area contributed by atoms with Crippen LogP contribution in [0.1, 0.15) is 0 Å². The van der Waals surface area contributed by atoms with E-state index in [1.807, 2.05) is 0 Å². The van der Waals surface area contributed by atoms with E-state index in [9.17, 15) is 4.79 Å². The van der Waals surface area contributed by atoms with E-state index in [4.69, 9.17) is 11.6 Å². The maximum absolute atomic E-state index is 10.3. The summed E-state index contributed by atoms with van der Waals surface area (Å²) >= 11 is 5.22. The molecule has 27 heavy (non-hydrogen) atoms. The van der Waals surface area contributed by atoms with Gasteiger partial charge in [0.1, 0.15) is 0 Å². The van der Waals surface area contributed by atoms with E-state index < -0.39 is 19.5 Å². The van der Waals surface area contributed by atoms with Crippen LogP contribution in [0.5, 0.6) is 0 Å². The summed E-state index contributed by atoms with van der Waals surface area (Å²) in [6.07, 6.45) is 0. The lowest BCUT2D eigenvalue weighted by atomic mass is 10.4. The van der Waals surface area contributed by atoms with Crippen LogP contribution in [-0.2, 0) is 14.3 Å². The van der Waals surface area contributed by atoms with Gasteiger partial charge in [0, 0.05) is 7.11 Å².